The maximum Gasteiger partial charge on any atom is 0.0110 e. The second-order valence-corrected chi connectivity index (χ2v) is 8.66. The van der Waals surface area contributed by atoms with Gasteiger partial charge >= 0.3 is 0 Å². The molecule has 0 radical (unpaired) electrons. The molecule has 2 heteroatoms. The zero-order valence-electron chi connectivity index (χ0n) is 13.5. The molecule has 0 aliphatic heterocycles. The first kappa shape index (κ1) is 15.3. The highest BCUT2D eigenvalue weighted by atomic mass is 15.0. The molecule has 0 heterocycles. The van der Waals surface area contributed by atoms with Gasteiger partial charge in [0.2, 0.25) is 0 Å². The van der Waals surface area contributed by atoms with Crippen molar-refractivity contribution in [1.82, 2.24) is 5.32 Å². The SMILES string of the molecule is CC1(C)CC(NC2CCCCC2CN)CC(C)(C)C1. The molecule has 2 rings (SSSR count). The fraction of sp³-hybridized carbons (Fsp3) is 1.00. The summed E-state index contributed by atoms with van der Waals surface area (Å²) in [4.78, 5) is 0. The zero-order valence-corrected chi connectivity index (χ0v) is 13.5. The predicted octanol–water partition coefficient (Wildman–Crippen LogP) is 3.70. The molecule has 2 nitrogen and oxygen atoms in total. The van der Waals surface area contributed by atoms with E-state index in [1.54, 1.807) is 0 Å². The largest absolute Gasteiger partial charge is 0.330 e. The Bertz CT molecular complexity index is 280. The van der Waals surface area contributed by atoms with Gasteiger partial charge in [-0.1, -0.05) is 40.5 Å². The van der Waals surface area contributed by atoms with Crippen molar-refractivity contribution in [1.29, 1.82) is 0 Å². The van der Waals surface area contributed by atoms with Crippen molar-refractivity contribution in [3.8, 4) is 0 Å². The topological polar surface area (TPSA) is 38.0 Å². The Morgan fingerprint density at radius 1 is 1.00 bits per heavy atom. The molecule has 2 atom stereocenters. The summed E-state index contributed by atoms with van der Waals surface area (Å²) in [5.41, 5.74) is 6.92. The van der Waals surface area contributed by atoms with E-state index in [-0.39, 0.29) is 0 Å². The highest BCUT2D eigenvalue weighted by molar-refractivity contribution is 4.94. The first-order chi connectivity index (χ1) is 8.81. The molecule has 0 saturated heterocycles. The monoisotopic (exact) mass is 266 g/mol. The van der Waals surface area contributed by atoms with Crippen LogP contribution in [0.2, 0.25) is 0 Å². The van der Waals surface area contributed by atoms with Crippen molar-refractivity contribution >= 4 is 0 Å². The molecule has 0 amide bonds. The quantitative estimate of drug-likeness (QED) is 0.817. The van der Waals surface area contributed by atoms with E-state index in [9.17, 15) is 0 Å². The lowest BCUT2D eigenvalue weighted by Crippen LogP contribution is -2.51. The van der Waals surface area contributed by atoms with Crippen LogP contribution >= 0.6 is 0 Å². The maximum atomic E-state index is 5.97. The number of hydrogen-bond acceptors (Lipinski definition) is 2. The van der Waals surface area contributed by atoms with Gasteiger partial charge in [-0.2, -0.15) is 0 Å². The second-order valence-electron chi connectivity index (χ2n) is 8.66. The van der Waals surface area contributed by atoms with Crippen LogP contribution in [-0.4, -0.2) is 18.6 Å². The molecule has 2 aliphatic carbocycles. The average Bonchev–Trinajstić information content (AvgIpc) is 2.25. The van der Waals surface area contributed by atoms with E-state index in [4.69, 9.17) is 5.73 Å². The van der Waals surface area contributed by atoms with Crippen LogP contribution in [0, 0.1) is 16.7 Å². The smallest absolute Gasteiger partial charge is 0.0110 e. The molecule has 0 aromatic heterocycles. The Morgan fingerprint density at radius 3 is 2.16 bits per heavy atom. The van der Waals surface area contributed by atoms with E-state index in [1.807, 2.05) is 0 Å². The molecule has 0 aromatic carbocycles. The lowest BCUT2D eigenvalue weighted by Gasteiger charge is -2.47. The lowest BCUT2D eigenvalue weighted by atomic mass is 9.63. The van der Waals surface area contributed by atoms with E-state index < -0.39 is 0 Å². The molecular weight excluding hydrogens is 232 g/mol. The molecule has 3 N–H and O–H groups in total. The van der Waals surface area contributed by atoms with Crippen LogP contribution in [0.15, 0.2) is 0 Å². The Labute approximate surface area is 119 Å². The Balaban J connectivity index is 1.97. The van der Waals surface area contributed by atoms with Crippen LogP contribution in [0.4, 0.5) is 0 Å². The first-order valence-electron chi connectivity index (χ1n) is 8.27. The third kappa shape index (κ3) is 4.19. The maximum absolute atomic E-state index is 5.97. The van der Waals surface area contributed by atoms with Crippen LogP contribution in [-0.2, 0) is 0 Å². The molecule has 112 valence electrons. The average molecular weight is 266 g/mol. The zero-order chi connectivity index (χ0) is 14.1. The van der Waals surface area contributed by atoms with Gasteiger partial charge in [-0.05, 0) is 55.4 Å². The van der Waals surface area contributed by atoms with Crippen molar-refractivity contribution in [3.63, 3.8) is 0 Å². The first-order valence-corrected chi connectivity index (χ1v) is 8.27. The van der Waals surface area contributed by atoms with Gasteiger partial charge in [0.15, 0.2) is 0 Å². The number of hydrogen-bond donors (Lipinski definition) is 2. The minimum atomic E-state index is 0.478. The molecule has 2 fully saturated rings. The highest BCUT2D eigenvalue weighted by Gasteiger charge is 2.39. The highest BCUT2D eigenvalue weighted by Crippen LogP contribution is 2.46. The molecule has 0 aromatic rings. The predicted molar refractivity (Wildman–Crippen MR) is 83.1 cm³/mol. The van der Waals surface area contributed by atoms with Crippen molar-refractivity contribution in [3.05, 3.63) is 0 Å². The van der Waals surface area contributed by atoms with E-state index in [2.05, 4.69) is 33.0 Å². The van der Waals surface area contributed by atoms with Crippen molar-refractivity contribution in [2.75, 3.05) is 6.54 Å². The van der Waals surface area contributed by atoms with Gasteiger partial charge in [-0.3, -0.25) is 0 Å². The van der Waals surface area contributed by atoms with Crippen LogP contribution in [0.1, 0.15) is 72.6 Å². The fourth-order valence-electron chi connectivity index (χ4n) is 4.98. The molecular formula is C17H34N2. The Kier molecular flexibility index (Phi) is 4.62. The van der Waals surface area contributed by atoms with Gasteiger partial charge < -0.3 is 11.1 Å². The molecule has 2 aliphatic rings. The summed E-state index contributed by atoms with van der Waals surface area (Å²) >= 11 is 0. The van der Waals surface area contributed by atoms with Gasteiger partial charge in [0, 0.05) is 12.1 Å². The van der Waals surface area contributed by atoms with Gasteiger partial charge in [0.05, 0.1) is 0 Å². The molecule has 2 unspecified atom stereocenters. The Hall–Kier alpha value is -0.0800. The molecule has 0 spiro atoms. The van der Waals surface area contributed by atoms with Gasteiger partial charge in [0.25, 0.3) is 0 Å². The summed E-state index contributed by atoms with van der Waals surface area (Å²) in [7, 11) is 0. The normalized spacial score (nSPS) is 35.2. The van der Waals surface area contributed by atoms with E-state index in [0.29, 0.717) is 28.8 Å². The summed E-state index contributed by atoms with van der Waals surface area (Å²) < 4.78 is 0. The summed E-state index contributed by atoms with van der Waals surface area (Å²) in [5.74, 6) is 0.710. The standard InChI is InChI=1S/C17H34N2/c1-16(2)9-14(10-17(3,4)12-16)19-15-8-6-5-7-13(15)11-18/h13-15,19H,5-12,18H2,1-4H3. The van der Waals surface area contributed by atoms with Crippen molar-refractivity contribution in [2.45, 2.75) is 84.7 Å². The van der Waals surface area contributed by atoms with Crippen LogP contribution < -0.4 is 11.1 Å². The van der Waals surface area contributed by atoms with Gasteiger partial charge in [-0.15, -0.1) is 0 Å². The third-order valence-electron chi connectivity index (χ3n) is 5.22. The molecule has 0 bridgehead atoms. The summed E-state index contributed by atoms with van der Waals surface area (Å²) in [6.45, 7) is 10.6. The second kappa shape index (κ2) is 5.73. The van der Waals surface area contributed by atoms with Crippen LogP contribution in [0.5, 0.6) is 0 Å². The fourth-order valence-corrected chi connectivity index (χ4v) is 4.98. The van der Waals surface area contributed by atoms with Crippen molar-refractivity contribution in [2.24, 2.45) is 22.5 Å². The van der Waals surface area contributed by atoms with E-state index >= 15 is 0 Å². The van der Waals surface area contributed by atoms with E-state index in [0.717, 1.165) is 6.54 Å². The lowest BCUT2D eigenvalue weighted by molar-refractivity contribution is 0.0723. The number of nitrogens with one attached hydrogen (secondary N) is 1. The minimum Gasteiger partial charge on any atom is -0.330 e. The molecule has 19 heavy (non-hydrogen) atoms. The molecule has 2 saturated carbocycles. The van der Waals surface area contributed by atoms with Gasteiger partial charge in [0.1, 0.15) is 0 Å². The van der Waals surface area contributed by atoms with Gasteiger partial charge in [-0.25, -0.2) is 0 Å². The summed E-state index contributed by atoms with van der Waals surface area (Å²) in [6.07, 6.45) is 9.42. The van der Waals surface area contributed by atoms with Crippen LogP contribution in [0.3, 0.4) is 0 Å². The summed E-state index contributed by atoms with van der Waals surface area (Å²) in [5, 5.41) is 3.99. The minimum absolute atomic E-state index is 0.478. The van der Waals surface area contributed by atoms with E-state index in [1.165, 1.54) is 44.9 Å². The van der Waals surface area contributed by atoms with Crippen molar-refractivity contribution < 1.29 is 0 Å². The third-order valence-corrected chi connectivity index (χ3v) is 5.22. The summed E-state index contributed by atoms with van der Waals surface area (Å²) in [6, 6.07) is 1.37. The number of nitrogens with two attached hydrogens (primary N) is 1. The number of rotatable bonds is 3. The Morgan fingerprint density at radius 2 is 1.58 bits per heavy atom. The van der Waals surface area contributed by atoms with Crippen LogP contribution in [0.25, 0.3) is 0 Å².